The maximum atomic E-state index is 12.7. The number of unbranched alkanes of at least 4 members (excludes halogenated alkanes) is 22. The molecule has 9 nitrogen and oxygen atoms in total. The van der Waals surface area contributed by atoms with Crippen LogP contribution in [0, 0.1) is 0 Å². The number of allylic oxidation sites excluding steroid dienone is 4. The number of esters is 2. The molecule has 0 amide bonds. The smallest absolute Gasteiger partial charge is 0.336 e. The number of carbonyl (C=O) groups is 2. The highest BCUT2D eigenvalue weighted by Gasteiger charge is 2.22. The lowest BCUT2D eigenvalue weighted by molar-refractivity contribution is -0.147. The molecule has 10 heteroatoms. The molecule has 0 saturated carbocycles. The molecule has 0 aliphatic carbocycles. The number of hydrogen-bond donors (Lipinski definition) is 1. The molecular weight excluding hydrogens is 713 g/mol. The van der Waals surface area contributed by atoms with Crippen LogP contribution in [-0.4, -0.2) is 70.8 Å². The summed E-state index contributed by atoms with van der Waals surface area (Å²) >= 11 is 0. The average Bonchev–Trinajstić information content (AvgIpc) is 3.17. The van der Waals surface area contributed by atoms with E-state index in [1.165, 1.54) is 89.9 Å². The molecule has 0 aromatic rings. The maximum absolute atomic E-state index is 12.7. The van der Waals surface area contributed by atoms with Crippen LogP contribution in [0.25, 0.3) is 0 Å². The Kier molecular flexibility index (Phi) is 39.2. The van der Waals surface area contributed by atoms with Crippen LogP contribution in [0.15, 0.2) is 24.3 Å². The molecular formula is C45H86N2O7S. The average molecular weight is 799 g/mol. The molecule has 0 radical (unpaired) electrons. The second-order valence-corrected chi connectivity index (χ2v) is 16.5. The first kappa shape index (κ1) is 53.2. The zero-order chi connectivity index (χ0) is 40.5. The zero-order valence-electron chi connectivity index (χ0n) is 36.1. The minimum Gasteiger partial charge on any atom is -0.464 e. The van der Waals surface area contributed by atoms with E-state index in [9.17, 15) is 18.0 Å². The molecule has 324 valence electrons. The normalized spacial score (nSPS) is 12.7. The summed E-state index contributed by atoms with van der Waals surface area (Å²) in [6.45, 7) is 10.1. The molecule has 0 rings (SSSR count). The van der Waals surface area contributed by atoms with Gasteiger partial charge in [0.15, 0.2) is 0 Å². The van der Waals surface area contributed by atoms with Crippen molar-refractivity contribution in [1.82, 2.24) is 9.62 Å². The largest absolute Gasteiger partial charge is 0.464 e. The summed E-state index contributed by atoms with van der Waals surface area (Å²) < 4.78 is 43.9. The fraction of sp³-hybridized carbons (Fsp3) is 0.867. The molecule has 1 N–H and O–H groups in total. The first-order valence-corrected chi connectivity index (χ1v) is 24.2. The number of rotatable bonds is 42. The van der Waals surface area contributed by atoms with Crippen LogP contribution in [-0.2, 0) is 33.6 Å². The van der Waals surface area contributed by atoms with Gasteiger partial charge in [0.05, 0.1) is 12.6 Å². The molecule has 55 heavy (non-hydrogen) atoms. The fourth-order valence-corrected chi connectivity index (χ4v) is 7.29. The summed E-state index contributed by atoms with van der Waals surface area (Å²) in [6.07, 6.45) is 40.4. The Morgan fingerprint density at radius 2 is 0.873 bits per heavy atom. The lowest BCUT2D eigenvalue weighted by Crippen LogP contribution is -2.43. The Balaban J connectivity index is 4.39. The molecule has 0 aromatic carbocycles. The number of ether oxygens (including phenoxy) is 2. The van der Waals surface area contributed by atoms with Crippen LogP contribution < -0.4 is 4.72 Å². The van der Waals surface area contributed by atoms with Gasteiger partial charge in [-0.15, -0.1) is 0 Å². The Morgan fingerprint density at radius 1 is 0.527 bits per heavy atom. The first-order chi connectivity index (χ1) is 26.8. The molecule has 0 saturated heterocycles. The van der Waals surface area contributed by atoms with Crippen molar-refractivity contribution in [2.24, 2.45) is 0 Å². The highest BCUT2D eigenvalue weighted by Crippen LogP contribution is 2.12. The molecule has 0 bridgehead atoms. The number of nitrogens with zero attached hydrogens (tertiary/aromatic N) is 1. The predicted molar refractivity (Wildman–Crippen MR) is 230 cm³/mol. The number of carbonyl (C=O) groups excluding carboxylic acids is 2. The van der Waals surface area contributed by atoms with Gasteiger partial charge >= 0.3 is 22.2 Å². The number of hydrogen-bond acceptors (Lipinski definition) is 8. The molecule has 0 aliphatic rings. The molecule has 0 heterocycles. The standard InChI is InChI=1S/C45H86N2O7S/c1-5-9-11-13-15-17-19-21-23-25-27-29-31-33-35-37-44(48)52-41-43(46-55(50,51)54-40-39-47(7-3)8-4)42-53-45(49)38-36-34-32-30-28-26-24-22-20-18-16-14-12-10-6-2/h21-24,43,46H,5-20,25-42H2,1-4H3. The van der Waals surface area contributed by atoms with E-state index >= 15 is 0 Å². The van der Waals surface area contributed by atoms with Crippen molar-refractivity contribution >= 4 is 22.2 Å². The Hall–Kier alpha value is -1.75. The summed E-state index contributed by atoms with van der Waals surface area (Å²) in [5, 5.41) is 0. The number of nitrogens with one attached hydrogen (secondary N) is 1. The summed E-state index contributed by atoms with van der Waals surface area (Å²) in [7, 11) is -4.14. The van der Waals surface area contributed by atoms with Gasteiger partial charge in [-0.2, -0.15) is 13.1 Å². The van der Waals surface area contributed by atoms with Gasteiger partial charge in [-0.05, 0) is 77.3 Å². The summed E-state index contributed by atoms with van der Waals surface area (Å²) in [6, 6.07) is -0.936. The van der Waals surface area contributed by atoms with E-state index in [0.29, 0.717) is 6.54 Å². The van der Waals surface area contributed by atoms with Crippen molar-refractivity contribution in [3.05, 3.63) is 24.3 Å². The Bertz CT molecular complexity index is 974. The van der Waals surface area contributed by atoms with E-state index in [-0.39, 0.29) is 44.6 Å². The molecule has 0 aliphatic heterocycles. The van der Waals surface area contributed by atoms with Crippen molar-refractivity contribution in [1.29, 1.82) is 0 Å². The van der Waals surface area contributed by atoms with Gasteiger partial charge < -0.3 is 14.4 Å². The van der Waals surface area contributed by atoms with Crippen LogP contribution >= 0.6 is 0 Å². The van der Waals surface area contributed by atoms with Crippen LogP contribution in [0.4, 0.5) is 0 Å². The van der Waals surface area contributed by atoms with Gasteiger partial charge in [0.1, 0.15) is 13.2 Å². The second-order valence-electron chi connectivity index (χ2n) is 15.2. The highest BCUT2D eigenvalue weighted by atomic mass is 32.2. The maximum Gasteiger partial charge on any atom is 0.336 e. The van der Waals surface area contributed by atoms with Gasteiger partial charge in [-0.1, -0.05) is 155 Å². The first-order valence-electron chi connectivity index (χ1n) is 22.8. The quantitative estimate of drug-likeness (QED) is 0.0369. The zero-order valence-corrected chi connectivity index (χ0v) is 37.0. The molecule has 0 atom stereocenters. The lowest BCUT2D eigenvalue weighted by Gasteiger charge is -2.20. The second kappa shape index (κ2) is 40.4. The lowest BCUT2D eigenvalue weighted by atomic mass is 10.1. The van der Waals surface area contributed by atoms with Gasteiger partial charge in [0.25, 0.3) is 0 Å². The predicted octanol–water partition coefficient (Wildman–Crippen LogP) is 11.7. The third kappa shape index (κ3) is 38.9. The van der Waals surface area contributed by atoms with Gasteiger partial charge in [-0.25, -0.2) is 0 Å². The van der Waals surface area contributed by atoms with Crippen molar-refractivity contribution in [3.63, 3.8) is 0 Å². The third-order valence-corrected chi connectivity index (χ3v) is 11.1. The third-order valence-electron chi connectivity index (χ3n) is 10.0. The van der Waals surface area contributed by atoms with E-state index in [2.05, 4.69) is 47.8 Å². The van der Waals surface area contributed by atoms with Crippen LogP contribution in [0.5, 0.6) is 0 Å². The SMILES string of the molecule is CCCCCCCCC=CCCCCCCCC(=O)OCC(COC(=O)CCCCCCCC=CCCCCCCCC)NS(=O)(=O)OCCN(CC)CC. The van der Waals surface area contributed by atoms with Crippen molar-refractivity contribution < 1.29 is 31.7 Å². The van der Waals surface area contributed by atoms with Crippen LogP contribution in [0.1, 0.15) is 207 Å². The van der Waals surface area contributed by atoms with Crippen molar-refractivity contribution in [2.75, 3.05) is 39.5 Å². The van der Waals surface area contributed by atoms with Gasteiger partial charge in [-0.3, -0.25) is 13.8 Å². The monoisotopic (exact) mass is 799 g/mol. The topological polar surface area (TPSA) is 111 Å². The van der Waals surface area contributed by atoms with E-state index in [1.54, 1.807) is 0 Å². The van der Waals surface area contributed by atoms with Crippen LogP contribution in [0.3, 0.4) is 0 Å². The minimum absolute atomic E-state index is 0.00568. The summed E-state index contributed by atoms with van der Waals surface area (Å²) in [5.74, 6) is -0.771. The number of likely N-dealkylation sites (N-methyl/N-ethyl adjacent to an activating group) is 1. The Morgan fingerprint density at radius 3 is 1.24 bits per heavy atom. The molecule has 0 spiro atoms. The van der Waals surface area contributed by atoms with E-state index in [4.69, 9.17) is 13.7 Å². The Labute approximate surface area is 339 Å². The van der Waals surface area contributed by atoms with E-state index in [1.807, 2.05) is 13.8 Å². The summed E-state index contributed by atoms with van der Waals surface area (Å²) in [4.78, 5) is 27.1. The van der Waals surface area contributed by atoms with Crippen LogP contribution in [0.2, 0.25) is 0 Å². The van der Waals surface area contributed by atoms with Gasteiger partial charge in [0.2, 0.25) is 0 Å². The molecule has 0 fully saturated rings. The molecule has 0 aromatic heterocycles. The molecule has 0 unspecified atom stereocenters. The van der Waals surface area contributed by atoms with E-state index < -0.39 is 16.3 Å². The highest BCUT2D eigenvalue weighted by molar-refractivity contribution is 7.84. The fourth-order valence-electron chi connectivity index (χ4n) is 6.38. The summed E-state index contributed by atoms with van der Waals surface area (Å²) in [5.41, 5.74) is 0. The van der Waals surface area contributed by atoms with Crippen molar-refractivity contribution in [2.45, 2.75) is 214 Å². The van der Waals surface area contributed by atoms with Crippen molar-refractivity contribution in [3.8, 4) is 0 Å². The van der Waals surface area contributed by atoms with E-state index in [0.717, 1.165) is 90.1 Å². The minimum atomic E-state index is -4.14. The van der Waals surface area contributed by atoms with Gasteiger partial charge in [0, 0.05) is 19.4 Å².